The molecule has 3 rings (SSSR count). The van der Waals surface area contributed by atoms with E-state index < -0.39 is 0 Å². The molecule has 0 N–H and O–H groups in total. The average Bonchev–Trinajstić information content (AvgIpc) is 2.84. The summed E-state index contributed by atoms with van der Waals surface area (Å²) in [6, 6.07) is 3.21. The molecule has 0 aromatic heterocycles. The van der Waals surface area contributed by atoms with E-state index in [1.54, 1.807) is 12.1 Å². The maximum absolute atomic E-state index is 13.3. The number of halogens is 2. The zero-order chi connectivity index (χ0) is 12.2. The molecule has 3 unspecified atom stereocenters. The Balaban J connectivity index is 1.87. The van der Waals surface area contributed by atoms with E-state index in [4.69, 9.17) is 11.6 Å². The molecule has 1 aromatic carbocycles. The summed E-state index contributed by atoms with van der Waals surface area (Å²) in [6.45, 7) is 3.94. The highest BCUT2D eigenvalue weighted by molar-refractivity contribution is 6.21. The first-order valence-electron chi connectivity index (χ1n) is 6.47. The van der Waals surface area contributed by atoms with E-state index in [9.17, 15) is 4.39 Å². The highest BCUT2D eigenvalue weighted by atomic mass is 35.5. The van der Waals surface area contributed by atoms with Gasteiger partial charge in [0, 0.05) is 0 Å². The molecule has 0 nitrogen and oxygen atoms in total. The third-order valence-corrected chi connectivity index (χ3v) is 5.10. The topological polar surface area (TPSA) is 0 Å². The molecule has 2 heteroatoms. The number of alkyl halides is 1. The number of hydrogen-bond acceptors (Lipinski definition) is 0. The van der Waals surface area contributed by atoms with Crippen LogP contribution in [0.4, 0.5) is 4.39 Å². The molecule has 3 atom stereocenters. The van der Waals surface area contributed by atoms with Gasteiger partial charge in [0.15, 0.2) is 0 Å². The van der Waals surface area contributed by atoms with Crippen molar-refractivity contribution in [3.8, 4) is 0 Å². The number of rotatable bonds is 2. The fourth-order valence-corrected chi connectivity index (χ4v) is 4.14. The Morgan fingerprint density at radius 1 is 1.12 bits per heavy atom. The van der Waals surface area contributed by atoms with Crippen LogP contribution in [0.15, 0.2) is 12.1 Å². The Morgan fingerprint density at radius 2 is 1.65 bits per heavy atom. The second-order valence-electron chi connectivity index (χ2n) is 5.84. The van der Waals surface area contributed by atoms with Crippen molar-refractivity contribution >= 4 is 11.6 Å². The van der Waals surface area contributed by atoms with E-state index in [0.717, 1.165) is 23.0 Å². The van der Waals surface area contributed by atoms with Crippen LogP contribution in [0, 0.1) is 37.4 Å². The van der Waals surface area contributed by atoms with Gasteiger partial charge in [0.1, 0.15) is 5.82 Å². The molecule has 0 aliphatic heterocycles. The normalized spacial score (nSPS) is 32.4. The van der Waals surface area contributed by atoms with Crippen molar-refractivity contribution in [2.24, 2.45) is 17.8 Å². The minimum Gasteiger partial charge on any atom is -0.207 e. The molecule has 0 saturated heterocycles. The van der Waals surface area contributed by atoms with Crippen LogP contribution < -0.4 is 0 Å². The third-order valence-electron chi connectivity index (χ3n) is 4.53. The molecule has 1 aromatic rings. The fourth-order valence-electron chi connectivity index (χ4n) is 3.59. The van der Waals surface area contributed by atoms with Gasteiger partial charge in [0.2, 0.25) is 0 Å². The molecule has 2 fully saturated rings. The fraction of sp³-hybridized carbons (Fsp3) is 0.600. The molecule has 92 valence electrons. The number of aryl methyl sites for hydroxylation is 2. The number of fused-ring (bicyclic) bond motifs is 1. The van der Waals surface area contributed by atoms with Crippen LogP contribution in [0.1, 0.15) is 41.3 Å². The Morgan fingerprint density at radius 3 is 2.18 bits per heavy atom. The SMILES string of the molecule is Cc1cc(F)cc(C)c1C(Cl)C1CC2CC2C1. The minimum absolute atomic E-state index is 0.0726. The Labute approximate surface area is 107 Å². The molecule has 0 bridgehead atoms. The monoisotopic (exact) mass is 252 g/mol. The van der Waals surface area contributed by atoms with Crippen LogP contribution in [0.2, 0.25) is 0 Å². The van der Waals surface area contributed by atoms with Gasteiger partial charge >= 0.3 is 0 Å². The summed E-state index contributed by atoms with van der Waals surface area (Å²) in [7, 11) is 0. The van der Waals surface area contributed by atoms with Gasteiger partial charge in [-0.2, -0.15) is 0 Å². The Bertz CT molecular complexity index is 421. The lowest BCUT2D eigenvalue weighted by Crippen LogP contribution is -2.09. The van der Waals surface area contributed by atoms with Crippen LogP contribution in [0.5, 0.6) is 0 Å². The summed E-state index contributed by atoms with van der Waals surface area (Å²) in [5.41, 5.74) is 3.17. The van der Waals surface area contributed by atoms with Crippen LogP contribution in [0.25, 0.3) is 0 Å². The molecular weight excluding hydrogens is 235 g/mol. The van der Waals surface area contributed by atoms with E-state index >= 15 is 0 Å². The van der Waals surface area contributed by atoms with E-state index in [0.29, 0.717) is 5.92 Å². The maximum atomic E-state index is 13.3. The lowest BCUT2D eigenvalue weighted by molar-refractivity contribution is 0.469. The van der Waals surface area contributed by atoms with Gasteiger partial charge in [0.25, 0.3) is 0 Å². The first-order chi connectivity index (χ1) is 8.06. The zero-order valence-electron chi connectivity index (χ0n) is 10.3. The largest absolute Gasteiger partial charge is 0.207 e. The van der Waals surface area contributed by atoms with Crippen molar-refractivity contribution in [3.05, 3.63) is 34.6 Å². The molecule has 2 aliphatic rings. The summed E-state index contributed by atoms with van der Waals surface area (Å²) in [5.74, 6) is 2.34. The lowest BCUT2D eigenvalue weighted by Gasteiger charge is -2.22. The van der Waals surface area contributed by atoms with Crippen LogP contribution in [0.3, 0.4) is 0 Å². The minimum atomic E-state index is -0.151. The Hall–Kier alpha value is -0.560. The molecule has 2 aliphatic carbocycles. The van der Waals surface area contributed by atoms with Gasteiger partial charge in [0.05, 0.1) is 5.38 Å². The smallest absolute Gasteiger partial charge is 0.123 e. The van der Waals surface area contributed by atoms with E-state index in [2.05, 4.69) is 0 Å². The second kappa shape index (κ2) is 3.98. The van der Waals surface area contributed by atoms with Crippen molar-refractivity contribution in [3.63, 3.8) is 0 Å². The summed E-state index contributed by atoms with van der Waals surface area (Å²) in [6.07, 6.45) is 3.96. The third kappa shape index (κ3) is 1.99. The molecule has 0 amide bonds. The summed E-state index contributed by atoms with van der Waals surface area (Å²) >= 11 is 6.64. The molecule has 0 spiro atoms. The van der Waals surface area contributed by atoms with Gasteiger partial charge in [-0.1, -0.05) is 0 Å². The molecule has 2 saturated carbocycles. The summed E-state index contributed by atoms with van der Waals surface area (Å²) < 4.78 is 13.3. The standard InChI is InChI=1S/C15H18ClF/c1-8-3-13(17)4-9(2)14(8)15(16)12-6-10-5-11(10)7-12/h3-4,10-12,15H,5-7H2,1-2H3. The first kappa shape index (κ1) is 11.5. The van der Waals surface area contributed by atoms with Crippen molar-refractivity contribution < 1.29 is 4.39 Å². The number of hydrogen-bond donors (Lipinski definition) is 0. The summed E-state index contributed by atoms with van der Waals surface area (Å²) in [4.78, 5) is 0. The van der Waals surface area contributed by atoms with Gasteiger partial charge in [-0.25, -0.2) is 4.39 Å². The van der Waals surface area contributed by atoms with Crippen molar-refractivity contribution in [2.45, 2.75) is 38.5 Å². The van der Waals surface area contributed by atoms with Gasteiger partial charge in [-0.05, 0) is 79.7 Å². The predicted octanol–water partition coefficient (Wildman–Crippen LogP) is 4.77. The second-order valence-corrected chi connectivity index (χ2v) is 6.31. The van der Waals surface area contributed by atoms with Gasteiger partial charge in [-0.15, -0.1) is 11.6 Å². The average molecular weight is 253 g/mol. The quantitative estimate of drug-likeness (QED) is 0.665. The molecule has 17 heavy (non-hydrogen) atoms. The van der Waals surface area contributed by atoms with Crippen LogP contribution >= 0.6 is 11.6 Å². The maximum Gasteiger partial charge on any atom is 0.123 e. The van der Waals surface area contributed by atoms with Crippen LogP contribution in [-0.4, -0.2) is 0 Å². The lowest BCUT2D eigenvalue weighted by atomic mass is 9.89. The van der Waals surface area contributed by atoms with Crippen LogP contribution in [-0.2, 0) is 0 Å². The number of benzene rings is 1. The van der Waals surface area contributed by atoms with E-state index in [1.807, 2.05) is 13.8 Å². The van der Waals surface area contributed by atoms with E-state index in [1.165, 1.54) is 24.8 Å². The molecular formula is C15H18ClF. The van der Waals surface area contributed by atoms with Crippen molar-refractivity contribution in [2.75, 3.05) is 0 Å². The highest BCUT2D eigenvalue weighted by Crippen LogP contribution is 2.58. The molecule has 0 heterocycles. The summed E-state index contributed by atoms with van der Waals surface area (Å²) in [5, 5.41) is 0.0726. The Kier molecular flexibility index (Phi) is 2.70. The predicted molar refractivity (Wildman–Crippen MR) is 68.8 cm³/mol. The first-order valence-corrected chi connectivity index (χ1v) is 6.90. The van der Waals surface area contributed by atoms with Crippen molar-refractivity contribution in [1.82, 2.24) is 0 Å². The van der Waals surface area contributed by atoms with Gasteiger partial charge < -0.3 is 0 Å². The molecule has 0 radical (unpaired) electrons. The highest BCUT2D eigenvalue weighted by Gasteiger charge is 2.48. The van der Waals surface area contributed by atoms with E-state index in [-0.39, 0.29) is 11.2 Å². The zero-order valence-corrected chi connectivity index (χ0v) is 11.1. The van der Waals surface area contributed by atoms with Crippen molar-refractivity contribution in [1.29, 1.82) is 0 Å². The van der Waals surface area contributed by atoms with Gasteiger partial charge in [-0.3, -0.25) is 0 Å².